The quantitative estimate of drug-likeness (QED) is 0.0597. The zero-order valence-electron chi connectivity index (χ0n) is 27.7. The van der Waals surface area contributed by atoms with Crippen LogP contribution in [0.25, 0.3) is 5.69 Å². The van der Waals surface area contributed by atoms with Crippen molar-refractivity contribution in [1.82, 2.24) is 9.78 Å². The monoisotopic (exact) mass is 746 g/mol. The maximum Gasteiger partial charge on any atom is 0.301 e. The molecule has 0 unspecified atom stereocenters. The van der Waals surface area contributed by atoms with Crippen LogP contribution in [0, 0.1) is 6.92 Å². The molecular weight excluding hydrogens is 706 g/mol. The topological polar surface area (TPSA) is 124 Å². The maximum atomic E-state index is 13.7. The van der Waals surface area contributed by atoms with Gasteiger partial charge in [0.2, 0.25) is 5.91 Å². The van der Waals surface area contributed by atoms with Crippen molar-refractivity contribution in [2.75, 3.05) is 10.6 Å². The second-order valence-electron chi connectivity index (χ2n) is 12.0. The number of carbonyl (C=O) groups excluding carboxylic acids is 1. The molecule has 1 amide bonds. The lowest BCUT2D eigenvalue weighted by Crippen LogP contribution is -2.15. The molecule has 0 aliphatic carbocycles. The first kappa shape index (κ1) is 38.3. The molecule has 0 bridgehead atoms. The van der Waals surface area contributed by atoms with Crippen LogP contribution in [-0.2, 0) is 4.79 Å². The van der Waals surface area contributed by atoms with E-state index in [1.165, 1.54) is 69.6 Å². The lowest BCUT2D eigenvalue weighted by molar-refractivity contribution is -0.116. The summed E-state index contributed by atoms with van der Waals surface area (Å²) in [6.45, 7) is 3.96. The average Bonchev–Trinajstić information content (AvgIpc) is 3.35. The number of aryl methyl sites for hydroxylation is 1. The van der Waals surface area contributed by atoms with Crippen LogP contribution in [0.3, 0.4) is 0 Å². The standard InChI is InChI=1S/C36H42Cl4N6O3/c1-3-4-5-6-7-8-9-10-11-12-13-14-32(48)41-25-15-17-27(38)30(22-25)42-35-33(44-43-26-16-18-31(47)23(2)19-26)36(49)46(45-35)34-28(39)20-24(37)21-29(34)40/h15-22,42,45,47H,3-14H2,1-2H3,(H,41,48). The number of phenolic OH excluding ortho intramolecular Hbond substituents is 1. The van der Waals surface area contributed by atoms with Crippen molar-refractivity contribution in [3.05, 3.63) is 84.5 Å². The van der Waals surface area contributed by atoms with Gasteiger partial charge in [0.1, 0.15) is 11.4 Å². The highest BCUT2D eigenvalue weighted by Gasteiger charge is 2.21. The van der Waals surface area contributed by atoms with Gasteiger partial charge in [0.05, 0.1) is 26.4 Å². The fourth-order valence-electron chi connectivity index (χ4n) is 5.33. The van der Waals surface area contributed by atoms with E-state index in [4.69, 9.17) is 46.4 Å². The Balaban J connectivity index is 1.46. The molecule has 0 saturated heterocycles. The van der Waals surface area contributed by atoms with Gasteiger partial charge in [-0.3, -0.25) is 14.7 Å². The molecule has 4 N–H and O–H groups in total. The van der Waals surface area contributed by atoms with Crippen molar-refractivity contribution in [3.8, 4) is 11.4 Å². The van der Waals surface area contributed by atoms with Gasteiger partial charge in [0.25, 0.3) is 0 Å². The molecule has 0 fully saturated rings. The number of H-pyrrole nitrogens is 1. The van der Waals surface area contributed by atoms with Crippen LogP contribution >= 0.6 is 46.4 Å². The van der Waals surface area contributed by atoms with E-state index in [9.17, 15) is 14.7 Å². The predicted octanol–water partition coefficient (Wildman–Crippen LogP) is 12.6. The highest BCUT2D eigenvalue weighted by molar-refractivity contribution is 6.40. The number of hydrogen-bond acceptors (Lipinski definition) is 6. The summed E-state index contributed by atoms with van der Waals surface area (Å²) in [5, 5.41) is 28.3. The number of anilines is 3. The Kier molecular flexibility index (Phi) is 14.9. The van der Waals surface area contributed by atoms with E-state index >= 15 is 0 Å². The minimum atomic E-state index is -0.611. The Bertz CT molecular complexity index is 1800. The number of carbonyl (C=O) groups is 1. The molecule has 0 radical (unpaired) electrons. The normalized spacial score (nSPS) is 11.4. The summed E-state index contributed by atoms with van der Waals surface area (Å²) < 4.78 is 1.13. The zero-order chi connectivity index (χ0) is 35.3. The fraction of sp³-hybridized carbons (Fsp3) is 0.389. The number of phenols is 1. The lowest BCUT2D eigenvalue weighted by atomic mass is 10.1. The highest BCUT2D eigenvalue weighted by atomic mass is 35.5. The summed E-state index contributed by atoms with van der Waals surface area (Å²) in [5.74, 6) is 0.157. The maximum absolute atomic E-state index is 13.7. The van der Waals surface area contributed by atoms with Crippen molar-refractivity contribution in [1.29, 1.82) is 0 Å². The zero-order valence-corrected chi connectivity index (χ0v) is 30.7. The molecule has 1 heterocycles. The van der Waals surface area contributed by atoms with Gasteiger partial charge in [-0.25, -0.2) is 4.68 Å². The minimum Gasteiger partial charge on any atom is -0.508 e. The van der Waals surface area contributed by atoms with Gasteiger partial charge < -0.3 is 15.7 Å². The largest absolute Gasteiger partial charge is 0.508 e. The molecule has 1 aromatic heterocycles. The number of rotatable bonds is 18. The van der Waals surface area contributed by atoms with Crippen LogP contribution in [0.4, 0.5) is 28.6 Å². The van der Waals surface area contributed by atoms with Gasteiger partial charge in [-0.15, -0.1) is 5.11 Å². The van der Waals surface area contributed by atoms with Crippen molar-refractivity contribution >= 4 is 80.9 Å². The summed E-state index contributed by atoms with van der Waals surface area (Å²) in [6, 6.07) is 12.6. The molecular formula is C36H42Cl4N6O3. The third-order valence-corrected chi connectivity index (χ3v) is 9.16. The second kappa shape index (κ2) is 19.0. The molecule has 4 aromatic rings. The Morgan fingerprint density at radius 2 is 1.45 bits per heavy atom. The number of unbranched alkanes of at least 4 members (excludes halogenated alkanes) is 10. The van der Waals surface area contributed by atoms with E-state index in [1.807, 2.05) is 0 Å². The van der Waals surface area contributed by atoms with Gasteiger partial charge >= 0.3 is 5.56 Å². The first-order valence-corrected chi connectivity index (χ1v) is 18.2. The number of benzene rings is 3. The third kappa shape index (κ3) is 11.3. The van der Waals surface area contributed by atoms with E-state index < -0.39 is 5.56 Å². The Morgan fingerprint density at radius 3 is 2.08 bits per heavy atom. The smallest absolute Gasteiger partial charge is 0.301 e. The van der Waals surface area contributed by atoms with Crippen molar-refractivity contribution in [2.24, 2.45) is 10.2 Å². The molecule has 49 heavy (non-hydrogen) atoms. The Labute approximate surface area is 307 Å². The predicted molar refractivity (Wildman–Crippen MR) is 203 cm³/mol. The lowest BCUT2D eigenvalue weighted by Gasteiger charge is -2.11. The van der Waals surface area contributed by atoms with E-state index in [1.54, 1.807) is 37.3 Å². The SMILES string of the molecule is CCCCCCCCCCCCCC(=O)Nc1ccc(Cl)c(Nc2[nH]n(-c3c(Cl)cc(Cl)cc3Cl)c(=O)c2N=Nc2ccc(O)c(C)c2)c1. The van der Waals surface area contributed by atoms with Crippen LogP contribution in [-0.4, -0.2) is 20.8 Å². The summed E-state index contributed by atoms with van der Waals surface area (Å²) in [4.78, 5) is 26.5. The highest BCUT2D eigenvalue weighted by Crippen LogP contribution is 2.36. The van der Waals surface area contributed by atoms with Crippen LogP contribution in [0.2, 0.25) is 20.1 Å². The summed E-state index contributed by atoms with van der Waals surface area (Å²) in [6.07, 6.45) is 13.7. The van der Waals surface area contributed by atoms with Crippen LogP contribution in [0.5, 0.6) is 5.75 Å². The van der Waals surface area contributed by atoms with Gasteiger partial charge in [0.15, 0.2) is 11.5 Å². The summed E-state index contributed by atoms with van der Waals surface area (Å²) in [5.41, 5.74) is 1.39. The first-order chi connectivity index (χ1) is 23.6. The number of aromatic amines is 1. The van der Waals surface area contributed by atoms with Crippen molar-refractivity contribution in [3.63, 3.8) is 0 Å². The van der Waals surface area contributed by atoms with E-state index in [-0.39, 0.29) is 38.9 Å². The number of aromatic hydroxyl groups is 1. The number of halogens is 4. The minimum absolute atomic E-state index is 0.0885. The van der Waals surface area contributed by atoms with Crippen molar-refractivity contribution in [2.45, 2.75) is 90.9 Å². The van der Waals surface area contributed by atoms with Gasteiger partial charge in [0, 0.05) is 17.1 Å². The van der Waals surface area contributed by atoms with Crippen LogP contribution < -0.4 is 16.2 Å². The Morgan fingerprint density at radius 1 is 0.816 bits per heavy atom. The Hall–Kier alpha value is -3.50. The molecule has 9 nitrogen and oxygen atoms in total. The van der Waals surface area contributed by atoms with Crippen LogP contribution in [0.15, 0.2) is 63.6 Å². The van der Waals surface area contributed by atoms with Gasteiger partial charge in [-0.1, -0.05) is 118 Å². The molecule has 0 saturated carbocycles. The summed E-state index contributed by atoms with van der Waals surface area (Å²) in [7, 11) is 0. The first-order valence-electron chi connectivity index (χ1n) is 16.6. The van der Waals surface area contributed by atoms with Gasteiger partial charge in [-0.2, -0.15) is 5.11 Å². The second-order valence-corrected chi connectivity index (χ2v) is 13.7. The molecule has 0 aliphatic heterocycles. The summed E-state index contributed by atoms with van der Waals surface area (Å²) >= 11 is 25.5. The molecule has 4 rings (SSSR count). The van der Waals surface area contributed by atoms with Gasteiger partial charge in [-0.05, 0) is 67.4 Å². The number of nitrogens with one attached hydrogen (secondary N) is 3. The molecule has 0 atom stereocenters. The van der Waals surface area contributed by atoms with E-state index in [0.717, 1.165) is 23.9 Å². The number of hydrogen-bond donors (Lipinski definition) is 4. The molecule has 0 aliphatic rings. The fourth-order valence-corrected chi connectivity index (χ4v) is 6.48. The van der Waals surface area contributed by atoms with Crippen LogP contribution in [0.1, 0.15) is 89.5 Å². The number of amides is 1. The molecule has 13 heteroatoms. The number of nitrogens with zero attached hydrogens (tertiary/aromatic N) is 3. The van der Waals surface area contributed by atoms with Crippen molar-refractivity contribution < 1.29 is 9.90 Å². The van der Waals surface area contributed by atoms with E-state index in [2.05, 4.69) is 32.9 Å². The molecule has 0 spiro atoms. The third-order valence-electron chi connectivity index (χ3n) is 8.03. The number of azo groups is 1. The molecule has 3 aromatic carbocycles. The number of aromatic nitrogens is 2. The van der Waals surface area contributed by atoms with E-state index in [0.29, 0.717) is 39.1 Å². The average molecular weight is 749 g/mol. The molecule has 262 valence electrons.